The van der Waals surface area contributed by atoms with Crippen LogP contribution in [0.25, 0.3) is 11.1 Å². The van der Waals surface area contributed by atoms with Gasteiger partial charge in [0.2, 0.25) is 0 Å². The minimum absolute atomic E-state index is 0.673. The van der Waals surface area contributed by atoms with Gasteiger partial charge in [0.05, 0.1) is 25.0 Å². The van der Waals surface area contributed by atoms with Gasteiger partial charge < -0.3 is 9.64 Å². The number of ether oxygens (including phenoxy) is 1. The molecule has 0 atom stereocenters. The van der Waals surface area contributed by atoms with Gasteiger partial charge in [-0.1, -0.05) is 12.1 Å². The Morgan fingerprint density at radius 1 is 1.05 bits per heavy atom. The van der Waals surface area contributed by atoms with Crippen molar-refractivity contribution in [2.24, 2.45) is 0 Å². The second-order valence-corrected chi connectivity index (χ2v) is 5.77. The summed E-state index contributed by atoms with van der Waals surface area (Å²) in [6.07, 6.45) is 3.92. The van der Waals surface area contributed by atoms with Crippen molar-refractivity contribution >= 4 is 5.69 Å². The summed E-state index contributed by atoms with van der Waals surface area (Å²) in [5.41, 5.74) is 3.59. The predicted octanol–water partition coefficient (Wildman–Crippen LogP) is 2.26. The predicted molar refractivity (Wildman–Crippen MR) is 83.8 cm³/mol. The number of piperazine rings is 2. The zero-order chi connectivity index (χ0) is 14.2. The molecule has 5 rings (SSSR count). The lowest BCUT2D eigenvalue weighted by molar-refractivity contribution is 0.110. The van der Waals surface area contributed by atoms with Crippen molar-refractivity contribution in [2.45, 2.75) is 6.04 Å². The largest absolute Gasteiger partial charge is 0.497 e. The minimum Gasteiger partial charge on any atom is -0.497 e. The SMILES string of the molecule is COc1ccc(-c2cncc(N3CCN4CC3C4)c2)cc1. The van der Waals surface area contributed by atoms with Crippen LogP contribution < -0.4 is 9.64 Å². The second kappa shape index (κ2) is 5.04. The van der Waals surface area contributed by atoms with Gasteiger partial charge in [-0.25, -0.2) is 0 Å². The molecule has 0 N–H and O–H groups in total. The van der Waals surface area contributed by atoms with Crippen LogP contribution in [0.5, 0.6) is 5.75 Å². The van der Waals surface area contributed by atoms with Gasteiger partial charge in [0.25, 0.3) is 0 Å². The lowest BCUT2D eigenvalue weighted by Crippen LogP contribution is -2.66. The number of fused-ring (bicyclic) bond motifs is 2. The monoisotopic (exact) mass is 281 g/mol. The van der Waals surface area contributed by atoms with E-state index in [9.17, 15) is 0 Å². The van der Waals surface area contributed by atoms with Crippen molar-refractivity contribution in [1.29, 1.82) is 0 Å². The van der Waals surface area contributed by atoms with E-state index in [2.05, 4.69) is 33.0 Å². The maximum Gasteiger partial charge on any atom is 0.118 e. The Hall–Kier alpha value is -2.07. The van der Waals surface area contributed by atoms with Crippen LogP contribution in [0.3, 0.4) is 0 Å². The number of nitrogens with zero attached hydrogens (tertiary/aromatic N) is 3. The van der Waals surface area contributed by atoms with Gasteiger partial charge in [-0.3, -0.25) is 9.88 Å². The maximum atomic E-state index is 5.21. The van der Waals surface area contributed by atoms with Crippen molar-refractivity contribution < 1.29 is 4.74 Å². The Balaban J connectivity index is 1.62. The summed E-state index contributed by atoms with van der Waals surface area (Å²) < 4.78 is 5.21. The number of hydrogen-bond donors (Lipinski definition) is 0. The van der Waals surface area contributed by atoms with Gasteiger partial charge in [-0.05, 0) is 23.8 Å². The maximum absolute atomic E-state index is 5.21. The first kappa shape index (κ1) is 12.7. The highest BCUT2D eigenvalue weighted by Gasteiger charge is 2.36. The molecular formula is C17H19N3O. The molecule has 3 saturated heterocycles. The number of pyridine rings is 1. The molecular weight excluding hydrogens is 262 g/mol. The molecule has 4 heteroatoms. The lowest BCUT2D eigenvalue weighted by Gasteiger charge is -2.52. The molecule has 3 aliphatic rings. The van der Waals surface area contributed by atoms with Gasteiger partial charge in [-0.15, -0.1) is 0 Å². The fourth-order valence-electron chi connectivity index (χ4n) is 3.22. The fourth-order valence-corrected chi connectivity index (χ4v) is 3.22. The third-order valence-corrected chi connectivity index (χ3v) is 4.51. The molecule has 0 spiro atoms. The molecule has 4 heterocycles. The van der Waals surface area contributed by atoms with Crippen LogP contribution in [0.1, 0.15) is 0 Å². The zero-order valence-corrected chi connectivity index (χ0v) is 12.2. The highest BCUT2D eigenvalue weighted by molar-refractivity contribution is 5.68. The van der Waals surface area contributed by atoms with E-state index in [1.165, 1.54) is 30.9 Å². The van der Waals surface area contributed by atoms with E-state index in [0.717, 1.165) is 17.9 Å². The summed E-state index contributed by atoms with van der Waals surface area (Å²) in [4.78, 5) is 9.45. The molecule has 0 unspecified atom stereocenters. The lowest BCUT2D eigenvalue weighted by atomic mass is 10.0. The molecule has 1 aromatic heterocycles. The van der Waals surface area contributed by atoms with Gasteiger partial charge in [0.15, 0.2) is 0 Å². The van der Waals surface area contributed by atoms with E-state index in [-0.39, 0.29) is 0 Å². The molecule has 0 radical (unpaired) electrons. The zero-order valence-electron chi connectivity index (χ0n) is 12.2. The van der Waals surface area contributed by atoms with Crippen LogP contribution >= 0.6 is 0 Å². The quantitative estimate of drug-likeness (QED) is 0.863. The second-order valence-electron chi connectivity index (χ2n) is 5.77. The van der Waals surface area contributed by atoms with E-state index < -0.39 is 0 Å². The Bertz CT molecular complexity index is 632. The Morgan fingerprint density at radius 2 is 1.86 bits per heavy atom. The van der Waals surface area contributed by atoms with Crippen molar-refractivity contribution in [2.75, 3.05) is 38.2 Å². The van der Waals surface area contributed by atoms with E-state index in [1.807, 2.05) is 24.5 Å². The first-order chi connectivity index (χ1) is 10.3. The van der Waals surface area contributed by atoms with Gasteiger partial charge in [-0.2, -0.15) is 0 Å². The third kappa shape index (κ3) is 2.25. The molecule has 3 aliphatic heterocycles. The molecule has 0 saturated carbocycles. The molecule has 0 amide bonds. The molecule has 21 heavy (non-hydrogen) atoms. The number of anilines is 1. The Morgan fingerprint density at radius 3 is 2.52 bits per heavy atom. The standard InChI is InChI=1S/C17H19N3O/c1-21-17-4-2-13(3-5-17)14-8-15(10-18-9-14)20-7-6-19-11-16(20)12-19/h2-5,8-10,16H,6-7,11-12H2,1H3. The van der Waals surface area contributed by atoms with E-state index in [1.54, 1.807) is 7.11 Å². The summed E-state index contributed by atoms with van der Waals surface area (Å²) in [5, 5.41) is 0. The first-order valence-electron chi connectivity index (χ1n) is 7.42. The fraction of sp³-hybridized carbons (Fsp3) is 0.353. The third-order valence-electron chi connectivity index (χ3n) is 4.51. The number of benzene rings is 1. The van der Waals surface area contributed by atoms with Crippen molar-refractivity contribution in [1.82, 2.24) is 9.88 Å². The Labute approximate surface area is 125 Å². The molecule has 2 bridgehead atoms. The highest BCUT2D eigenvalue weighted by atomic mass is 16.5. The highest BCUT2D eigenvalue weighted by Crippen LogP contribution is 2.30. The topological polar surface area (TPSA) is 28.6 Å². The van der Waals surface area contributed by atoms with Crippen molar-refractivity contribution in [3.63, 3.8) is 0 Å². The number of aromatic nitrogens is 1. The average molecular weight is 281 g/mol. The molecule has 2 aromatic rings. The molecule has 3 fully saturated rings. The van der Waals surface area contributed by atoms with E-state index in [0.29, 0.717) is 6.04 Å². The minimum atomic E-state index is 0.673. The number of methoxy groups -OCH3 is 1. The van der Waals surface area contributed by atoms with Crippen molar-refractivity contribution in [3.8, 4) is 16.9 Å². The summed E-state index contributed by atoms with van der Waals surface area (Å²) in [6, 6.07) is 11.1. The molecule has 0 aliphatic carbocycles. The van der Waals surface area contributed by atoms with Gasteiger partial charge >= 0.3 is 0 Å². The average Bonchev–Trinajstić information content (AvgIpc) is 2.54. The van der Waals surface area contributed by atoms with Crippen molar-refractivity contribution in [3.05, 3.63) is 42.7 Å². The van der Waals surface area contributed by atoms with Crippen LogP contribution in [0.2, 0.25) is 0 Å². The van der Waals surface area contributed by atoms with Crippen LogP contribution in [0.15, 0.2) is 42.7 Å². The summed E-state index contributed by atoms with van der Waals surface area (Å²) in [6.45, 7) is 4.68. The van der Waals surface area contributed by atoms with E-state index in [4.69, 9.17) is 4.74 Å². The molecule has 1 aromatic carbocycles. The Kier molecular flexibility index (Phi) is 3.04. The number of rotatable bonds is 3. The first-order valence-corrected chi connectivity index (χ1v) is 7.42. The summed E-state index contributed by atoms with van der Waals surface area (Å²) in [7, 11) is 1.69. The van der Waals surface area contributed by atoms with Crippen LogP contribution in [0.4, 0.5) is 5.69 Å². The summed E-state index contributed by atoms with van der Waals surface area (Å²) in [5.74, 6) is 0.883. The molecule has 108 valence electrons. The molecule has 4 nitrogen and oxygen atoms in total. The van der Waals surface area contributed by atoms with E-state index >= 15 is 0 Å². The van der Waals surface area contributed by atoms with Gasteiger partial charge in [0, 0.05) is 37.9 Å². The van der Waals surface area contributed by atoms with Crippen LogP contribution in [-0.2, 0) is 0 Å². The normalized spacial score (nSPS) is 23.6. The summed E-state index contributed by atoms with van der Waals surface area (Å²) >= 11 is 0. The number of hydrogen-bond acceptors (Lipinski definition) is 4. The van der Waals surface area contributed by atoms with Crippen LogP contribution in [-0.4, -0.2) is 49.2 Å². The van der Waals surface area contributed by atoms with Gasteiger partial charge in [0.1, 0.15) is 5.75 Å². The van der Waals surface area contributed by atoms with Crippen LogP contribution in [0, 0.1) is 0 Å². The smallest absolute Gasteiger partial charge is 0.118 e.